The van der Waals surface area contributed by atoms with Gasteiger partial charge in [-0.05, 0) is 0 Å². The predicted octanol–water partition coefficient (Wildman–Crippen LogP) is 7.84. The summed E-state index contributed by atoms with van der Waals surface area (Å²) in [6.45, 7) is -10.0. The molecule has 0 aliphatic heterocycles. The van der Waals surface area contributed by atoms with Gasteiger partial charge in [-0.3, -0.25) is 4.39 Å². The van der Waals surface area contributed by atoms with E-state index in [1.165, 1.54) is 0 Å². The van der Waals surface area contributed by atoms with E-state index in [9.17, 15) is 79.0 Å². The second-order valence-corrected chi connectivity index (χ2v) is 2.26. The van der Waals surface area contributed by atoms with E-state index in [0.29, 0.717) is 0 Å². The van der Waals surface area contributed by atoms with Crippen molar-refractivity contribution in [3.63, 3.8) is 0 Å². The molecule has 0 aromatic rings. The number of rotatable bonds is 2. The number of halogens is 18. The molecule has 0 saturated carbocycles. The first-order chi connectivity index (χ1) is 12.6. The quantitative estimate of drug-likeness (QED) is 0.355. The van der Waals surface area contributed by atoms with Crippen molar-refractivity contribution in [1.29, 1.82) is 0 Å². The molecule has 0 aromatic carbocycles. The SMILES string of the molecule is FC(F)(F)F.FCCC(F)(F)F.FCCF.FCF.FCF.FCF.FCF. The molecule has 28 heavy (non-hydrogen) atoms. The van der Waals surface area contributed by atoms with Crippen LogP contribution in [-0.4, -0.2) is 60.3 Å². The van der Waals surface area contributed by atoms with Crippen molar-refractivity contribution < 1.29 is 79.0 Å². The van der Waals surface area contributed by atoms with Crippen molar-refractivity contribution in [2.45, 2.75) is 19.0 Å². The van der Waals surface area contributed by atoms with Crippen molar-refractivity contribution in [3.8, 4) is 0 Å². The molecule has 0 aliphatic carbocycles. The van der Waals surface area contributed by atoms with Crippen LogP contribution in [0.15, 0.2) is 0 Å². The second kappa shape index (κ2) is 44.9. The molecule has 0 rings (SSSR count). The lowest BCUT2D eigenvalue weighted by atomic mass is 10.5. The van der Waals surface area contributed by atoms with Crippen LogP contribution in [0.25, 0.3) is 0 Å². The molecule has 0 bridgehead atoms. The fraction of sp³-hybridized carbons (Fsp3) is 1.00. The molecule has 0 atom stereocenters. The van der Waals surface area contributed by atoms with Gasteiger partial charge in [0.1, 0.15) is 13.3 Å². The third-order valence-corrected chi connectivity index (χ3v) is 0.449. The Morgan fingerprint density at radius 1 is 0.357 bits per heavy atom. The lowest BCUT2D eigenvalue weighted by molar-refractivity contribution is -0.237. The van der Waals surface area contributed by atoms with Gasteiger partial charge < -0.3 is 0 Å². The molecule has 0 unspecified atom stereocenters. The van der Waals surface area contributed by atoms with Crippen LogP contribution in [-0.2, 0) is 0 Å². The van der Waals surface area contributed by atoms with E-state index in [2.05, 4.69) is 0 Å². The molecule has 0 amide bonds. The molecule has 0 heterocycles. The van der Waals surface area contributed by atoms with Crippen molar-refractivity contribution in [1.82, 2.24) is 0 Å². The zero-order valence-corrected chi connectivity index (χ0v) is 13.5. The Morgan fingerprint density at radius 3 is 0.500 bits per heavy atom. The van der Waals surface area contributed by atoms with Crippen LogP contribution in [0.1, 0.15) is 6.42 Å². The van der Waals surface area contributed by atoms with E-state index in [1.54, 1.807) is 0 Å². The van der Waals surface area contributed by atoms with Crippen molar-refractivity contribution in [3.05, 3.63) is 0 Å². The maximum Gasteiger partial charge on any atom is 0.559 e. The van der Waals surface area contributed by atoms with Crippen molar-refractivity contribution in [2.75, 3.05) is 47.7 Å². The van der Waals surface area contributed by atoms with Gasteiger partial charge >= 0.3 is 12.6 Å². The third kappa shape index (κ3) is 997. The first-order valence-electron chi connectivity index (χ1n) is 5.62. The Kier molecular flexibility index (Phi) is 72.8. The average Bonchev–Trinajstić information content (AvgIpc) is 2.48. The third-order valence-electron chi connectivity index (χ3n) is 0.449. The molecule has 0 aliphatic rings. The Morgan fingerprint density at radius 2 is 0.500 bits per heavy atom. The highest BCUT2D eigenvalue weighted by atomic mass is 19.5. The fourth-order valence-corrected chi connectivity index (χ4v) is 0.107. The highest BCUT2D eigenvalue weighted by Crippen LogP contribution is 2.18. The molecule has 0 N–H and O–H groups in total. The van der Waals surface area contributed by atoms with Gasteiger partial charge in [-0.1, -0.05) is 0 Å². The summed E-state index contributed by atoms with van der Waals surface area (Å²) in [7, 11) is 0. The standard InChI is InChI=1S/C3H4F4.C2H4F2.CF4.4CH2F2/c4-2-1-3(5,6)7;3-1-2-4;2-1(3,4)5;4*2-1-3/h1-2H2;1-2H2;;4*1H2. The van der Waals surface area contributed by atoms with Crippen LogP contribution in [0.5, 0.6) is 0 Å². The maximum absolute atomic E-state index is 10.8. The summed E-state index contributed by atoms with van der Waals surface area (Å²) in [4.78, 5) is 0. The fourth-order valence-electron chi connectivity index (χ4n) is 0.107. The minimum Gasteiger partial charge on any atom is -0.251 e. The van der Waals surface area contributed by atoms with Crippen LogP contribution in [0, 0.1) is 0 Å². The number of alkyl halides is 18. The summed E-state index contributed by atoms with van der Waals surface area (Å²) in [5.41, 5.74) is 0. The highest BCUT2D eigenvalue weighted by molar-refractivity contribution is 4.45. The zero-order valence-electron chi connectivity index (χ0n) is 13.5. The summed E-state index contributed by atoms with van der Waals surface area (Å²) in [5, 5.41) is 0. The highest BCUT2D eigenvalue weighted by Gasteiger charge is 2.26. The van der Waals surface area contributed by atoms with E-state index in [4.69, 9.17) is 0 Å². The first kappa shape index (κ1) is 45.5. The molecule has 18 heteroatoms. The molecular formula is C10H16F18. The monoisotopic (exact) mass is 478 g/mol. The van der Waals surface area contributed by atoms with Crippen LogP contribution >= 0.6 is 0 Å². The first-order valence-corrected chi connectivity index (χ1v) is 5.62. The Balaban J connectivity index is -0.0000000380. The lowest BCUT2D eigenvalue weighted by Gasteiger charge is -1.98. The minimum atomic E-state index is -5.50. The molecule has 0 radical (unpaired) electrons. The van der Waals surface area contributed by atoms with Gasteiger partial charge in [0.15, 0.2) is 0 Å². The Hall–Kier alpha value is -1.26. The van der Waals surface area contributed by atoms with Crippen molar-refractivity contribution in [2.24, 2.45) is 0 Å². The normalized spacial score (nSPS) is 8.79. The smallest absolute Gasteiger partial charge is 0.251 e. The van der Waals surface area contributed by atoms with E-state index < -0.39 is 66.8 Å². The maximum atomic E-state index is 10.8. The summed E-state index contributed by atoms with van der Waals surface area (Å²) in [6, 6.07) is 0. The Labute approximate surface area is 147 Å². The summed E-state index contributed by atoms with van der Waals surface area (Å²) in [6.07, 6.45) is -11.2. The molecule has 0 saturated heterocycles. The van der Waals surface area contributed by atoms with E-state index in [0.717, 1.165) is 0 Å². The molecule has 0 nitrogen and oxygen atoms in total. The van der Waals surface area contributed by atoms with E-state index in [-0.39, 0.29) is 0 Å². The lowest BCUT2D eigenvalue weighted by Crippen LogP contribution is -2.07. The largest absolute Gasteiger partial charge is 0.559 e. The molecule has 182 valence electrons. The second-order valence-electron chi connectivity index (χ2n) is 2.26. The topological polar surface area (TPSA) is 0 Å². The van der Waals surface area contributed by atoms with Crippen LogP contribution < -0.4 is 0 Å². The molecule has 0 aromatic heterocycles. The van der Waals surface area contributed by atoms with E-state index >= 15 is 0 Å². The summed E-state index contributed by atoms with van der Waals surface area (Å²) >= 11 is 0. The van der Waals surface area contributed by atoms with Gasteiger partial charge in [0.25, 0.3) is 0 Å². The number of hydrogen-bond acceptors (Lipinski definition) is 0. The van der Waals surface area contributed by atoms with Crippen LogP contribution in [0.4, 0.5) is 79.0 Å². The minimum absolute atomic E-state index is 0.847. The van der Waals surface area contributed by atoms with E-state index in [1.807, 2.05) is 0 Å². The van der Waals surface area contributed by atoms with Gasteiger partial charge in [0.2, 0.25) is 27.7 Å². The van der Waals surface area contributed by atoms with Gasteiger partial charge in [-0.25, -0.2) is 43.9 Å². The molecular weight excluding hydrogens is 462 g/mol. The predicted molar refractivity (Wildman–Crippen MR) is 64.1 cm³/mol. The van der Waals surface area contributed by atoms with Crippen LogP contribution in [0.3, 0.4) is 0 Å². The number of hydrogen-bond donors (Lipinski definition) is 0. The average molecular weight is 478 g/mol. The molecule has 0 spiro atoms. The van der Waals surface area contributed by atoms with Gasteiger partial charge in [-0.15, -0.1) is 17.6 Å². The Bertz CT molecular complexity index is 164. The zero-order chi connectivity index (χ0) is 24.7. The van der Waals surface area contributed by atoms with Gasteiger partial charge in [0, 0.05) is 0 Å². The van der Waals surface area contributed by atoms with Gasteiger partial charge in [0.05, 0.1) is 13.1 Å². The molecule has 0 fully saturated rings. The summed E-state index contributed by atoms with van der Waals surface area (Å²) < 4.78 is 180. The van der Waals surface area contributed by atoms with Gasteiger partial charge in [-0.2, -0.15) is 13.2 Å². The van der Waals surface area contributed by atoms with Crippen molar-refractivity contribution >= 4 is 0 Å². The van der Waals surface area contributed by atoms with Crippen LogP contribution in [0.2, 0.25) is 0 Å². The summed E-state index contributed by atoms with van der Waals surface area (Å²) in [5.74, 6) is 0.